The summed E-state index contributed by atoms with van der Waals surface area (Å²) in [6, 6.07) is 8.29. The number of amides is 1. The molecule has 1 fully saturated rings. The fraction of sp³-hybridized carbons (Fsp3) is 0.381. The first-order chi connectivity index (χ1) is 15.0. The number of rotatable bonds is 5. The minimum Gasteiger partial charge on any atom is -0.497 e. The molecule has 3 rings (SSSR count). The zero-order chi connectivity index (χ0) is 23.5. The predicted molar refractivity (Wildman–Crippen MR) is 104 cm³/mol. The Labute approximate surface area is 180 Å². The van der Waals surface area contributed by atoms with Gasteiger partial charge in [0.05, 0.1) is 18.2 Å². The first-order valence-corrected chi connectivity index (χ1v) is 9.56. The van der Waals surface area contributed by atoms with Gasteiger partial charge in [0.25, 0.3) is 5.91 Å². The molecule has 0 atom stereocenters. The van der Waals surface area contributed by atoms with Crippen LogP contribution in [0.5, 0.6) is 11.5 Å². The minimum absolute atomic E-state index is 0.00702. The van der Waals surface area contributed by atoms with Gasteiger partial charge in [-0.3, -0.25) is 4.79 Å². The van der Waals surface area contributed by atoms with Crippen molar-refractivity contribution in [2.24, 2.45) is 0 Å². The van der Waals surface area contributed by atoms with E-state index in [-0.39, 0.29) is 6.07 Å². The molecule has 1 saturated heterocycles. The largest absolute Gasteiger partial charge is 0.497 e. The van der Waals surface area contributed by atoms with Crippen LogP contribution >= 0.6 is 0 Å². The monoisotopic (exact) mass is 462 g/mol. The molecule has 0 saturated carbocycles. The van der Waals surface area contributed by atoms with Crippen LogP contribution in [0.4, 0.5) is 32.0 Å². The summed E-state index contributed by atoms with van der Waals surface area (Å²) < 4.78 is 87.7. The van der Waals surface area contributed by atoms with Gasteiger partial charge in [0.2, 0.25) is 0 Å². The maximum atomic E-state index is 12.9. The first kappa shape index (κ1) is 23.6. The molecule has 0 bridgehead atoms. The Bertz CT molecular complexity index is 904. The third-order valence-electron chi connectivity index (χ3n) is 4.99. The smallest absolute Gasteiger partial charge is 0.416 e. The topological polar surface area (TPSA) is 42.0 Å². The van der Waals surface area contributed by atoms with Crippen molar-refractivity contribution in [1.82, 2.24) is 4.90 Å². The lowest BCUT2D eigenvalue weighted by Crippen LogP contribution is -2.50. The average molecular weight is 462 g/mol. The van der Waals surface area contributed by atoms with E-state index in [4.69, 9.17) is 9.47 Å². The van der Waals surface area contributed by atoms with Gasteiger partial charge in [0.1, 0.15) is 11.5 Å². The zero-order valence-corrected chi connectivity index (χ0v) is 17.0. The summed E-state index contributed by atoms with van der Waals surface area (Å²) in [5.74, 6) is -0.481. The number of methoxy groups -OCH3 is 1. The second-order valence-corrected chi connectivity index (χ2v) is 7.10. The number of benzene rings is 2. The van der Waals surface area contributed by atoms with Gasteiger partial charge >= 0.3 is 12.4 Å². The molecule has 0 N–H and O–H groups in total. The molecule has 2 aromatic rings. The number of carbonyl (C=O) groups is 1. The van der Waals surface area contributed by atoms with Crippen molar-refractivity contribution < 1.29 is 40.6 Å². The average Bonchev–Trinajstić information content (AvgIpc) is 2.76. The lowest BCUT2D eigenvalue weighted by atomic mass is 10.1. The van der Waals surface area contributed by atoms with Crippen molar-refractivity contribution in [2.75, 3.05) is 44.8 Å². The Hall–Kier alpha value is -3.11. The fourth-order valence-electron chi connectivity index (χ4n) is 3.25. The Kier molecular flexibility index (Phi) is 6.75. The molecule has 0 radical (unpaired) electrons. The second-order valence-electron chi connectivity index (χ2n) is 7.10. The van der Waals surface area contributed by atoms with Crippen molar-refractivity contribution in [3.8, 4) is 11.5 Å². The molecular formula is C21H20F6N2O3. The summed E-state index contributed by atoms with van der Waals surface area (Å²) in [7, 11) is 1.56. The van der Waals surface area contributed by atoms with Crippen LogP contribution in [-0.4, -0.2) is 50.7 Å². The lowest BCUT2D eigenvalue weighted by molar-refractivity contribution is -0.143. The molecule has 1 aliphatic rings. The van der Waals surface area contributed by atoms with E-state index in [1.807, 2.05) is 29.2 Å². The van der Waals surface area contributed by atoms with E-state index in [1.165, 1.54) is 4.90 Å². The van der Waals surface area contributed by atoms with E-state index in [2.05, 4.69) is 0 Å². The Morgan fingerprint density at radius 1 is 0.844 bits per heavy atom. The third-order valence-corrected chi connectivity index (χ3v) is 4.99. The third kappa shape index (κ3) is 5.77. The molecule has 0 spiro atoms. The number of hydrogen-bond acceptors (Lipinski definition) is 4. The molecule has 0 unspecified atom stereocenters. The summed E-state index contributed by atoms with van der Waals surface area (Å²) in [5, 5.41) is 0. The van der Waals surface area contributed by atoms with E-state index in [9.17, 15) is 31.1 Å². The van der Waals surface area contributed by atoms with Crippen molar-refractivity contribution in [3.05, 3.63) is 53.6 Å². The first-order valence-electron chi connectivity index (χ1n) is 9.56. The van der Waals surface area contributed by atoms with E-state index < -0.39 is 41.7 Å². The predicted octanol–water partition coefficient (Wildman–Crippen LogP) is 4.46. The number of alkyl halides is 6. The Morgan fingerprint density at radius 2 is 1.38 bits per heavy atom. The maximum Gasteiger partial charge on any atom is 0.416 e. The molecular weight excluding hydrogens is 442 g/mol. The summed E-state index contributed by atoms with van der Waals surface area (Å²) in [5.41, 5.74) is -2.05. The van der Waals surface area contributed by atoms with Crippen LogP contribution in [0.2, 0.25) is 0 Å². The van der Waals surface area contributed by atoms with Gasteiger partial charge < -0.3 is 19.3 Å². The Morgan fingerprint density at radius 3 is 1.84 bits per heavy atom. The molecule has 1 heterocycles. The number of nitrogens with zero attached hydrogens (tertiary/aromatic N) is 2. The fourth-order valence-corrected chi connectivity index (χ4v) is 3.25. The van der Waals surface area contributed by atoms with Gasteiger partial charge in [-0.05, 0) is 42.5 Å². The van der Waals surface area contributed by atoms with Crippen molar-refractivity contribution in [2.45, 2.75) is 12.4 Å². The number of anilines is 1. The van der Waals surface area contributed by atoms with Crippen LogP contribution in [0.1, 0.15) is 11.1 Å². The molecule has 174 valence electrons. The van der Waals surface area contributed by atoms with Gasteiger partial charge in [-0.15, -0.1) is 0 Å². The minimum atomic E-state index is -4.98. The summed E-state index contributed by atoms with van der Waals surface area (Å²) in [6.07, 6.45) is -9.97. The maximum absolute atomic E-state index is 12.9. The van der Waals surface area contributed by atoms with Gasteiger partial charge in [-0.1, -0.05) is 0 Å². The van der Waals surface area contributed by atoms with Crippen LogP contribution < -0.4 is 14.4 Å². The summed E-state index contributed by atoms with van der Waals surface area (Å²) in [4.78, 5) is 15.9. The van der Waals surface area contributed by atoms with Crippen molar-refractivity contribution in [1.29, 1.82) is 0 Å². The highest BCUT2D eigenvalue weighted by atomic mass is 19.4. The summed E-state index contributed by atoms with van der Waals surface area (Å²) in [6.45, 7) is 1.04. The number of hydrogen-bond donors (Lipinski definition) is 0. The molecule has 5 nitrogen and oxygen atoms in total. The van der Waals surface area contributed by atoms with E-state index in [0.717, 1.165) is 5.69 Å². The van der Waals surface area contributed by atoms with Crippen LogP contribution in [0.25, 0.3) is 0 Å². The molecule has 32 heavy (non-hydrogen) atoms. The van der Waals surface area contributed by atoms with Crippen molar-refractivity contribution in [3.63, 3.8) is 0 Å². The highest BCUT2D eigenvalue weighted by Crippen LogP contribution is 2.38. The number of piperazine rings is 1. The molecule has 2 aromatic carbocycles. The quantitative estimate of drug-likeness (QED) is 0.616. The number of carbonyl (C=O) groups excluding carboxylic acids is 1. The molecule has 0 aromatic heterocycles. The molecule has 0 aliphatic carbocycles. The van der Waals surface area contributed by atoms with Gasteiger partial charge in [-0.25, -0.2) is 0 Å². The van der Waals surface area contributed by atoms with E-state index >= 15 is 0 Å². The Balaban J connectivity index is 1.60. The standard InChI is InChI=1S/C21H20F6N2O3/c1-31-17-4-2-16(3-5-17)28-6-8-29(9-7-28)19(30)13-32-18-11-14(20(22,23)24)10-15(12-18)21(25,26)27/h2-5,10-12H,6-9,13H2,1H3. The second kappa shape index (κ2) is 9.17. The van der Waals surface area contributed by atoms with Crippen LogP contribution in [-0.2, 0) is 17.1 Å². The van der Waals surface area contributed by atoms with Crippen LogP contribution in [0.3, 0.4) is 0 Å². The molecule has 11 heteroatoms. The highest BCUT2D eigenvalue weighted by molar-refractivity contribution is 5.78. The number of ether oxygens (including phenoxy) is 2. The summed E-state index contributed by atoms with van der Waals surface area (Å²) >= 11 is 0. The zero-order valence-electron chi connectivity index (χ0n) is 17.0. The van der Waals surface area contributed by atoms with E-state index in [0.29, 0.717) is 44.1 Å². The SMILES string of the molecule is COc1ccc(N2CCN(C(=O)COc3cc(C(F)(F)F)cc(C(F)(F)F)c3)CC2)cc1. The molecule has 1 amide bonds. The van der Waals surface area contributed by atoms with Gasteiger partial charge in [0, 0.05) is 31.9 Å². The van der Waals surface area contributed by atoms with Gasteiger partial charge in [-0.2, -0.15) is 26.3 Å². The van der Waals surface area contributed by atoms with Crippen LogP contribution in [0, 0.1) is 0 Å². The van der Waals surface area contributed by atoms with Crippen molar-refractivity contribution >= 4 is 11.6 Å². The van der Waals surface area contributed by atoms with E-state index in [1.54, 1.807) is 7.11 Å². The normalized spacial score (nSPS) is 15.0. The van der Waals surface area contributed by atoms with Gasteiger partial charge in [0.15, 0.2) is 6.61 Å². The van der Waals surface area contributed by atoms with Crippen LogP contribution in [0.15, 0.2) is 42.5 Å². The highest BCUT2D eigenvalue weighted by Gasteiger charge is 2.37. The lowest BCUT2D eigenvalue weighted by Gasteiger charge is -2.36. The number of halogens is 6. The molecule has 1 aliphatic heterocycles.